The Bertz CT molecular complexity index is 3530. The molecule has 3 aliphatic heterocycles. The lowest BCUT2D eigenvalue weighted by Crippen LogP contribution is -2.37. The third kappa shape index (κ3) is 12.3. The van der Waals surface area contributed by atoms with Crippen LogP contribution in [0.4, 0.5) is 17.5 Å². The van der Waals surface area contributed by atoms with Gasteiger partial charge in [0.2, 0.25) is 0 Å². The second-order valence-electron chi connectivity index (χ2n) is 16.3. The van der Waals surface area contributed by atoms with E-state index in [0.717, 1.165) is 28.1 Å². The molecule has 6 aromatic heterocycles. The number of nitrogens with two attached hydrogens (primary N) is 3. The van der Waals surface area contributed by atoms with Gasteiger partial charge < -0.3 is 81.2 Å². The highest BCUT2D eigenvalue weighted by molar-refractivity contribution is 9.10. The minimum atomic E-state index is -6.02. The maximum absolute atomic E-state index is 13.9. The van der Waals surface area contributed by atoms with Crippen LogP contribution in [0.25, 0.3) is 33.5 Å². The minimum absolute atomic E-state index is 0.0263. The predicted octanol–water partition coefficient (Wildman–Crippen LogP) is -0.976. The van der Waals surface area contributed by atoms with Gasteiger partial charge in [0.1, 0.15) is 73.9 Å². The summed E-state index contributed by atoms with van der Waals surface area (Å²) in [7, 11) is -28.8. The van der Waals surface area contributed by atoms with E-state index in [1.165, 1.54) is 4.57 Å². The standard InChI is InChI=1S/C30H37Br3N15O25P5/c31-28-43-10-19(34)37-4-40-22(10)46(28)25-16(52)13(49)7(67-25)1-64-75(56,57)70-17-14(50)8(68-26(17)47-23-11(44-29(47)32)20(35)38-5-41-23)2-65-76(58,59)71-18-15(51)9(3-66-77(60,61)73-78(62,63)72-74(53,54)55)69-27(18)48-24-12(45-30(48)33)21(36)39-6-42-24/h4-9,13-18,25-27,49-52H,1-3H2,(H,56,57)(H,58,59)(H,60,61)(H,62,63)(H2,34,37,40)(H2,35,38,41)(H2,36,39,42)(H2,53,54,55)/t7-,8-,9-,13-,14-,15-,16-,17-,18-,25-,26-,27-/m1/s1. The predicted molar refractivity (Wildman–Crippen MR) is 259 cm³/mol. The number of anilines is 3. The molecule has 0 saturated carbocycles. The van der Waals surface area contributed by atoms with Crippen molar-refractivity contribution in [3.63, 3.8) is 0 Å². The first-order chi connectivity index (χ1) is 36.3. The number of aliphatic hydroxyl groups excluding tert-OH is 4. The first kappa shape index (κ1) is 59.5. The molecular formula is C30H37Br3N15O25P5. The number of phosphoric acid groups is 5. The van der Waals surface area contributed by atoms with Gasteiger partial charge in [-0.2, -0.15) is 8.62 Å². The zero-order valence-corrected chi connectivity index (χ0v) is 47.1. The van der Waals surface area contributed by atoms with E-state index in [1.807, 2.05) is 0 Å². The van der Waals surface area contributed by atoms with Crippen LogP contribution >= 0.6 is 86.9 Å². The molecule has 0 aromatic carbocycles. The molecule has 16 atom stereocenters. The zero-order chi connectivity index (χ0) is 56.8. The SMILES string of the molecule is Nc1ncnc2c1nc(Br)n2[C@@H]1O[C@H](COP(=O)(O)O[C@@H]2[C@H](O)[C@@H](COP(=O)(O)O[C@@H]3[C@H](O)[C@@H](COP(=O)(O)OP(=O)(O)OP(=O)(O)O)O[C@H]3n3c(Br)nc4c(N)ncnc43)O[C@H]2n2c(Br)nc3c(N)ncnc32)[C@@H](O)[C@H]1O. The van der Waals surface area contributed by atoms with Crippen molar-refractivity contribution in [2.45, 2.75) is 73.6 Å². The third-order valence-corrected chi connectivity index (χ3v) is 18.7. The molecule has 16 N–H and O–H groups in total. The summed E-state index contributed by atoms with van der Waals surface area (Å²) in [6.07, 6.45) is -19.5. The number of imidazole rings is 3. The molecule has 3 aliphatic rings. The van der Waals surface area contributed by atoms with Crippen LogP contribution in [0.1, 0.15) is 18.7 Å². The van der Waals surface area contributed by atoms with Crippen LogP contribution in [0.2, 0.25) is 0 Å². The second kappa shape index (κ2) is 22.2. The van der Waals surface area contributed by atoms with Crippen molar-refractivity contribution < 1.29 is 118 Å². The van der Waals surface area contributed by atoms with Crippen LogP contribution in [-0.2, 0) is 68.3 Å². The molecule has 9 rings (SSSR count). The fraction of sp³-hybridized carbons (Fsp3) is 0.500. The molecule has 3 fully saturated rings. The Morgan fingerprint density at radius 1 is 0.474 bits per heavy atom. The molecule has 48 heteroatoms. The van der Waals surface area contributed by atoms with Gasteiger partial charge in [0, 0.05) is 0 Å². The Labute approximate surface area is 456 Å². The summed E-state index contributed by atoms with van der Waals surface area (Å²) in [5, 5.41) is 45.2. The Morgan fingerprint density at radius 2 is 0.808 bits per heavy atom. The molecule has 78 heavy (non-hydrogen) atoms. The number of halogens is 3. The number of ether oxygens (including phenoxy) is 3. The number of fused-ring (bicyclic) bond motifs is 3. The number of nitrogen functional groups attached to an aromatic ring is 3. The monoisotopic (exact) mass is 1400 g/mol. The van der Waals surface area contributed by atoms with Crippen molar-refractivity contribution >= 4 is 138 Å². The molecular weight excluding hydrogens is 1360 g/mol. The lowest BCUT2D eigenvalue weighted by atomic mass is 10.1. The number of phosphoric ester groups is 3. The summed E-state index contributed by atoms with van der Waals surface area (Å²) in [5.41, 5.74) is 17.6. The Kier molecular flexibility index (Phi) is 16.9. The summed E-state index contributed by atoms with van der Waals surface area (Å²) in [5.74, 6) is -0.387. The normalized spacial score (nSPS) is 30.0. The summed E-state index contributed by atoms with van der Waals surface area (Å²) in [6.45, 7) is -3.45. The van der Waals surface area contributed by atoms with E-state index in [2.05, 4.69) is 106 Å². The molecule has 0 amide bonds. The molecule has 0 aliphatic carbocycles. The van der Waals surface area contributed by atoms with Gasteiger partial charge in [-0.3, -0.25) is 36.3 Å². The molecule has 3 saturated heterocycles. The number of aromatic nitrogens is 12. The van der Waals surface area contributed by atoms with Crippen molar-refractivity contribution in [1.29, 1.82) is 0 Å². The van der Waals surface area contributed by atoms with Crippen LogP contribution in [0.3, 0.4) is 0 Å². The Hall–Kier alpha value is -3.16. The number of hydrogen-bond donors (Lipinski definition) is 13. The number of rotatable bonds is 20. The highest BCUT2D eigenvalue weighted by atomic mass is 79.9. The quantitative estimate of drug-likeness (QED) is 0.0323. The van der Waals surface area contributed by atoms with Gasteiger partial charge in [-0.1, -0.05) is 0 Å². The lowest BCUT2D eigenvalue weighted by molar-refractivity contribution is -0.0653. The molecule has 0 spiro atoms. The summed E-state index contributed by atoms with van der Waals surface area (Å²) in [4.78, 5) is 96.2. The highest BCUT2D eigenvalue weighted by Gasteiger charge is 2.55. The highest BCUT2D eigenvalue weighted by Crippen LogP contribution is 2.66. The minimum Gasteiger partial charge on any atom is -0.387 e. The van der Waals surface area contributed by atoms with Gasteiger partial charge in [-0.05, 0) is 47.8 Å². The summed E-state index contributed by atoms with van der Waals surface area (Å²) >= 11 is 9.58. The molecule has 0 bridgehead atoms. The van der Waals surface area contributed by atoms with Crippen LogP contribution in [0, 0.1) is 0 Å². The number of hydrogen-bond acceptors (Lipinski definition) is 31. The van der Waals surface area contributed by atoms with E-state index in [9.17, 15) is 62.8 Å². The fourth-order valence-corrected chi connectivity index (χ4v) is 14.5. The van der Waals surface area contributed by atoms with E-state index in [4.69, 9.17) is 59.3 Å². The average molecular weight is 1400 g/mol. The van der Waals surface area contributed by atoms with Gasteiger partial charge in [-0.25, -0.2) is 67.7 Å². The van der Waals surface area contributed by atoms with Gasteiger partial charge in [-0.15, -0.1) is 0 Å². The average Bonchev–Trinajstić information content (AvgIpc) is 4.36. The smallest absolute Gasteiger partial charge is 0.387 e. The van der Waals surface area contributed by atoms with E-state index >= 15 is 0 Å². The van der Waals surface area contributed by atoms with E-state index in [0.29, 0.717) is 0 Å². The third-order valence-electron chi connectivity index (χ3n) is 11.2. The maximum atomic E-state index is 13.9. The second-order valence-corrected chi connectivity index (χ2v) is 25.6. The van der Waals surface area contributed by atoms with Gasteiger partial charge in [0.05, 0.1) is 19.8 Å². The van der Waals surface area contributed by atoms with Gasteiger partial charge in [0.15, 0.2) is 83.8 Å². The molecule has 40 nitrogen and oxygen atoms in total. The van der Waals surface area contributed by atoms with Crippen molar-refractivity contribution in [1.82, 2.24) is 58.6 Å². The molecule has 4 unspecified atom stereocenters. The van der Waals surface area contributed by atoms with Crippen LogP contribution in [0.5, 0.6) is 0 Å². The largest absolute Gasteiger partial charge is 0.490 e. The zero-order valence-electron chi connectivity index (χ0n) is 37.8. The van der Waals surface area contributed by atoms with Crippen molar-refractivity contribution in [2.24, 2.45) is 0 Å². The summed E-state index contributed by atoms with van der Waals surface area (Å²) in [6, 6.07) is 0. The van der Waals surface area contributed by atoms with Crippen molar-refractivity contribution in [2.75, 3.05) is 37.0 Å². The first-order valence-corrected chi connectivity index (χ1v) is 30.9. The Balaban J connectivity index is 0.936. The fourth-order valence-electron chi connectivity index (χ4n) is 7.99. The van der Waals surface area contributed by atoms with Gasteiger partial charge in [0.25, 0.3) is 0 Å². The topological polar surface area (TPSA) is 589 Å². The van der Waals surface area contributed by atoms with E-state index in [1.54, 1.807) is 0 Å². The number of aliphatic hydroxyl groups is 4. The van der Waals surface area contributed by atoms with Crippen molar-refractivity contribution in [3.05, 3.63) is 33.2 Å². The van der Waals surface area contributed by atoms with Crippen LogP contribution in [0.15, 0.2) is 33.2 Å². The van der Waals surface area contributed by atoms with Crippen LogP contribution < -0.4 is 17.2 Å². The molecule has 428 valence electrons. The Morgan fingerprint density at radius 3 is 1.18 bits per heavy atom. The molecule has 6 aromatic rings. The van der Waals surface area contributed by atoms with E-state index < -0.39 is 133 Å². The first-order valence-electron chi connectivity index (χ1n) is 21.0. The number of nitrogens with zero attached hydrogens (tertiary/aromatic N) is 12. The van der Waals surface area contributed by atoms with E-state index in [-0.39, 0.29) is 65.1 Å². The van der Waals surface area contributed by atoms with Crippen LogP contribution in [-0.4, -0.2) is 183 Å². The van der Waals surface area contributed by atoms with Crippen molar-refractivity contribution in [3.8, 4) is 0 Å². The molecule has 0 radical (unpaired) electrons. The summed E-state index contributed by atoms with van der Waals surface area (Å²) < 4.78 is 117. The lowest BCUT2D eigenvalue weighted by Gasteiger charge is -2.25. The maximum Gasteiger partial charge on any atom is 0.490 e. The molecule has 9 heterocycles. The van der Waals surface area contributed by atoms with Gasteiger partial charge >= 0.3 is 39.1 Å².